The highest BCUT2D eigenvalue weighted by atomic mass is 19.1. The molecule has 140 valence electrons. The van der Waals surface area contributed by atoms with Crippen molar-refractivity contribution in [1.29, 1.82) is 0 Å². The summed E-state index contributed by atoms with van der Waals surface area (Å²) in [6, 6.07) is 5.17. The molecule has 0 spiro atoms. The van der Waals surface area contributed by atoms with Crippen LogP contribution in [0, 0.1) is 5.92 Å². The lowest BCUT2D eigenvalue weighted by atomic mass is 9.83. The third kappa shape index (κ3) is 2.75. The van der Waals surface area contributed by atoms with Gasteiger partial charge in [0.05, 0.1) is 17.8 Å². The van der Waals surface area contributed by atoms with Crippen molar-refractivity contribution in [3.8, 4) is 17.1 Å². The summed E-state index contributed by atoms with van der Waals surface area (Å²) in [5, 5.41) is 23.7. The molecular weight excluding hydrogens is 357 g/mol. The Kier molecular flexibility index (Phi) is 3.91. The Labute approximate surface area is 160 Å². The number of nitrogens with one attached hydrogen (secondary N) is 1. The van der Waals surface area contributed by atoms with Crippen LogP contribution in [0.5, 0.6) is 5.75 Å². The summed E-state index contributed by atoms with van der Waals surface area (Å²) in [5.74, 6) is 0.0325. The number of phenols is 1. The van der Waals surface area contributed by atoms with Gasteiger partial charge in [-0.15, -0.1) is 10.2 Å². The molecule has 3 aromatic rings. The zero-order valence-electron chi connectivity index (χ0n) is 15.0. The standard InChI is InChI=1S/C21H18FN5O/c1-11(15-8-14-2-3-17(25-14)20(15)22)18-10-24-21(27-26-18)16-6-12-4-5-23-9-13(12)7-19(16)28/h2-7,9-10,14-15,17,20,25,28H,1,8H2/t14?,15-,17?,20-/m1/s1. The van der Waals surface area contributed by atoms with Crippen LogP contribution < -0.4 is 5.32 Å². The molecule has 1 saturated heterocycles. The molecule has 2 N–H and O–H groups in total. The number of rotatable bonds is 3. The van der Waals surface area contributed by atoms with Crippen molar-refractivity contribution in [3.63, 3.8) is 0 Å². The predicted molar refractivity (Wildman–Crippen MR) is 104 cm³/mol. The molecule has 5 rings (SSSR count). The first kappa shape index (κ1) is 16.9. The lowest BCUT2D eigenvalue weighted by Gasteiger charge is -2.33. The van der Waals surface area contributed by atoms with Crippen LogP contribution in [0.25, 0.3) is 27.7 Å². The zero-order valence-corrected chi connectivity index (χ0v) is 15.0. The van der Waals surface area contributed by atoms with Gasteiger partial charge < -0.3 is 10.4 Å². The highest BCUT2D eigenvalue weighted by Crippen LogP contribution is 2.37. The summed E-state index contributed by atoms with van der Waals surface area (Å²) in [7, 11) is 0. The van der Waals surface area contributed by atoms with Crippen molar-refractivity contribution < 1.29 is 9.50 Å². The van der Waals surface area contributed by atoms with E-state index in [0.717, 1.165) is 10.8 Å². The van der Waals surface area contributed by atoms with E-state index in [4.69, 9.17) is 0 Å². The summed E-state index contributed by atoms with van der Waals surface area (Å²) in [5.41, 5.74) is 1.56. The molecule has 28 heavy (non-hydrogen) atoms. The van der Waals surface area contributed by atoms with Crippen LogP contribution in [0.15, 0.2) is 55.5 Å². The summed E-state index contributed by atoms with van der Waals surface area (Å²) in [4.78, 5) is 8.40. The first-order valence-corrected chi connectivity index (χ1v) is 9.14. The van der Waals surface area contributed by atoms with Crippen molar-refractivity contribution in [1.82, 2.24) is 25.5 Å². The summed E-state index contributed by atoms with van der Waals surface area (Å²) in [6.07, 6.45) is 8.38. The van der Waals surface area contributed by atoms with Gasteiger partial charge in [0, 0.05) is 29.7 Å². The number of aromatic nitrogens is 4. The number of piperidine rings is 1. The summed E-state index contributed by atoms with van der Waals surface area (Å²) in [6.45, 7) is 4.06. The molecule has 4 heterocycles. The van der Waals surface area contributed by atoms with Gasteiger partial charge in [0.2, 0.25) is 0 Å². The van der Waals surface area contributed by atoms with Crippen molar-refractivity contribution in [3.05, 3.63) is 61.2 Å². The van der Waals surface area contributed by atoms with Crippen LogP contribution in [-0.2, 0) is 0 Å². The van der Waals surface area contributed by atoms with Crippen molar-refractivity contribution in [2.75, 3.05) is 0 Å². The van der Waals surface area contributed by atoms with Gasteiger partial charge in [0.1, 0.15) is 17.6 Å². The van der Waals surface area contributed by atoms with Gasteiger partial charge in [0.25, 0.3) is 0 Å². The Morgan fingerprint density at radius 2 is 2.07 bits per heavy atom. The van der Waals surface area contributed by atoms with E-state index >= 15 is 0 Å². The molecule has 4 atom stereocenters. The fourth-order valence-corrected chi connectivity index (χ4v) is 3.98. The lowest BCUT2D eigenvalue weighted by Crippen LogP contribution is -2.47. The molecule has 1 aromatic carbocycles. The quantitative estimate of drug-likeness (QED) is 0.685. The number of alkyl halides is 1. The SMILES string of the molecule is C=C(c1cnc(-c2cc3ccncc3cc2O)nn1)[C@H]1CC2C=CC(N2)[C@@H]1F. The molecule has 7 heteroatoms. The Balaban J connectivity index is 1.43. The number of nitrogens with zero attached hydrogens (tertiary/aromatic N) is 4. The Morgan fingerprint density at radius 3 is 2.89 bits per heavy atom. The lowest BCUT2D eigenvalue weighted by molar-refractivity contribution is 0.179. The Hall–Kier alpha value is -3.19. The average molecular weight is 375 g/mol. The molecule has 2 aliphatic rings. The molecule has 6 nitrogen and oxygen atoms in total. The van der Waals surface area contributed by atoms with Crippen molar-refractivity contribution in [2.45, 2.75) is 24.7 Å². The number of pyridine rings is 1. The van der Waals surface area contributed by atoms with E-state index in [0.29, 0.717) is 29.1 Å². The zero-order chi connectivity index (χ0) is 19.3. The largest absolute Gasteiger partial charge is 0.507 e. The van der Waals surface area contributed by atoms with Crippen LogP contribution in [0.4, 0.5) is 4.39 Å². The molecule has 2 aliphatic heterocycles. The van der Waals surface area contributed by atoms with E-state index in [-0.39, 0.29) is 23.8 Å². The van der Waals surface area contributed by atoms with Crippen LogP contribution in [0.2, 0.25) is 0 Å². The number of allylic oxidation sites excluding steroid dienone is 1. The fraction of sp³-hybridized carbons (Fsp3) is 0.238. The number of fused-ring (bicyclic) bond motifs is 3. The Morgan fingerprint density at radius 1 is 1.18 bits per heavy atom. The highest BCUT2D eigenvalue weighted by Gasteiger charge is 2.40. The van der Waals surface area contributed by atoms with Gasteiger partial charge in [0.15, 0.2) is 5.82 Å². The number of halogens is 1. The van der Waals surface area contributed by atoms with Crippen LogP contribution in [0.1, 0.15) is 12.1 Å². The monoisotopic (exact) mass is 375 g/mol. The second kappa shape index (κ2) is 6.45. The minimum atomic E-state index is -1.05. The third-order valence-electron chi connectivity index (χ3n) is 5.53. The van der Waals surface area contributed by atoms with E-state index < -0.39 is 6.17 Å². The second-order valence-corrected chi connectivity index (χ2v) is 7.25. The minimum absolute atomic E-state index is 0.0544. The number of phenolic OH excluding ortho intramolecular Hbond substituents is 1. The first-order valence-electron chi connectivity index (χ1n) is 9.14. The molecule has 0 amide bonds. The topological polar surface area (TPSA) is 83.8 Å². The number of aromatic hydroxyl groups is 1. The van der Waals surface area contributed by atoms with E-state index in [2.05, 4.69) is 32.1 Å². The fourth-order valence-electron chi connectivity index (χ4n) is 3.98. The third-order valence-corrected chi connectivity index (χ3v) is 5.53. The van der Waals surface area contributed by atoms with Crippen molar-refractivity contribution in [2.24, 2.45) is 5.92 Å². The van der Waals surface area contributed by atoms with Gasteiger partial charge in [-0.2, -0.15) is 0 Å². The van der Waals surface area contributed by atoms with Crippen LogP contribution in [-0.4, -0.2) is 43.5 Å². The maximum absolute atomic E-state index is 14.7. The molecule has 2 bridgehead atoms. The van der Waals surface area contributed by atoms with Gasteiger partial charge >= 0.3 is 0 Å². The number of hydrogen-bond acceptors (Lipinski definition) is 6. The van der Waals surface area contributed by atoms with E-state index in [1.165, 1.54) is 0 Å². The van der Waals surface area contributed by atoms with Gasteiger partial charge in [-0.1, -0.05) is 18.7 Å². The van der Waals surface area contributed by atoms with E-state index in [1.807, 2.05) is 18.2 Å². The minimum Gasteiger partial charge on any atom is -0.507 e. The second-order valence-electron chi connectivity index (χ2n) is 7.25. The summed E-state index contributed by atoms with van der Waals surface area (Å²) < 4.78 is 14.7. The van der Waals surface area contributed by atoms with Gasteiger partial charge in [-0.05, 0) is 35.6 Å². The summed E-state index contributed by atoms with van der Waals surface area (Å²) >= 11 is 0. The number of hydrogen-bond donors (Lipinski definition) is 2. The Bertz CT molecular complexity index is 1100. The highest BCUT2D eigenvalue weighted by molar-refractivity contribution is 5.88. The molecule has 0 radical (unpaired) electrons. The molecule has 0 aliphatic carbocycles. The predicted octanol–water partition coefficient (Wildman–Crippen LogP) is 3.06. The number of benzene rings is 1. The molecule has 0 saturated carbocycles. The van der Waals surface area contributed by atoms with Gasteiger partial charge in [-0.25, -0.2) is 9.37 Å². The van der Waals surface area contributed by atoms with Crippen LogP contribution >= 0.6 is 0 Å². The molecular formula is C21H18FN5O. The molecule has 2 aromatic heterocycles. The van der Waals surface area contributed by atoms with Crippen LogP contribution in [0.3, 0.4) is 0 Å². The molecule has 1 fully saturated rings. The average Bonchev–Trinajstić information content (AvgIpc) is 3.13. The maximum Gasteiger partial charge on any atom is 0.185 e. The maximum atomic E-state index is 14.7. The first-order chi connectivity index (χ1) is 13.6. The van der Waals surface area contributed by atoms with E-state index in [1.54, 1.807) is 30.7 Å². The smallest absolute Gasteiger partial charge is 0.185 e. The van der Waals surface area contributed by atoms with Gasteiger partial charge in [-0.3, -0.25) is 4.98 Å². The van der Waals surface area contributed by atoms with Crippen molar-refractivity contribution >= 4 is 16.3 Å². The normalized spacial score (nSPS) is 25.9. The molecule has 2 unspecified atom stereocenters. The van der Waals surface area contributed by atoms with E-state index in [9.17, 15) is 9.50 Å².